The van der Waals surface area contributed by atoms with E-state index in [1.54, 1.807) is 6.07 Å². The van der Waals surface area contributed by atoms with Crippen LogP contribution >= 0.6 is 0 Å². The van der Waals surface area contributed by atoms with Gasteiger partial charge in [0.25, 0.3) is 11.8 Å². The number of hydrogen-bond donors (Lipinski definition) is 1. The maximum atomic E-state index is 12.8. The fraction of sp³-hybridized carbons (Fsp3) is 0. The van der Waals surface area contributed by atoms with E-state index in [0.717, 1.165) is 6.08 Å². The minimum atomic E-state index is -0.486. The van der Waals surface area contributed by atoms with Crippen LogP contribution in [0.3, 0.4) is 0 Å². The monoisotopic (exact) mass is 191 g/mol. The summed E-state index contributed by atoms with van der Waals surface area (Å²) in [5.74, 6) is -1.38. The molecule has 0 aromatic heterocycles. The summed E-state index contributed by atoms with van der Waals surface area (Å²) in [6.45, 7) is 0. The topological polar surface area (TPSA) is 46.2 Å². The zero-order valence-electron chi connectivity index (χ0n) is 7.08. The molecule has 2 amide bonds. The van der Waals surface area contributed by atoms with Crippen molar-refractivity contribution in [3.63, 3.8) is 0 Å². The average molecular weight is 191 g/mol. The second-order valence-electron chi connectivity index (χ2n) is 2.89. The van der Waals surface area contributed by atoms with E-state index in [2.05, 4.69) is 5.32 Å². The maximum Gasteiger partial charge on any atom is 0.258 e. The van der Waals surface area contributed by atoms with Crippen molar-refractivity contribution in [1.82, 2.24) is 5.32 Å². The van der Waals surface area contributed by atoms with Gasteiger partial charge in [-0.05, 0) is 17.7 Å². The van der Waals surface area contributed by atoms with Gasteiger partial charge in [0.05, 0.1) is 5.57 Å². The minimum Gasteiger partial charge on any atom is -0.289 e. The Morgan fingerprint density at radius 3 is 2.57 bits per heavy atom. The molecule has 14 heavy (non-hydrogen) atoms. The number of nitrogens with one attached hydrogen (secondary N) is 1. The summed E-state index contributed by atoms with van der Waals surface area (Å²) >= 11 is 0. The minimum absolute atomic E-state index is 0.203. The molecule has 3 nitrogen and oxygen atoms in total. The number of imide groups is 1. The third kappa shape index (κ3) is 1.42. The van der Waals surface area contributed by atoms with E-state index in [1.807, 2.05) is 0 Å². The molecule has 0 saturated carbocycles. The molecule has 0 radical (unpaired) electrons. The molecule has 70 valence electrons. The van der Waals surface area contributed by atoms with E-state index < -0.39 is 17.6 Å². The van der Waals surface area contributed by atoms with Crippen molar-refractivity contribution < 1.29 is 14.0 Å². The number of amides is 2. The normalized spacial score (nSPS) is 15.4. The molecular formula is C10H6FNO2. The van der Waals surface area contributed by atoms with Crippen LogP contribution in [0.4, 0.5) is 4.39 Å². The van der Waals surface area contributed by atoms with Gasteiger partial charge in [0.2, 0.25) is 0 Å². The van der Waals surface area contributed by atoms with E-state index in [0.29, 0.717) is 5.56 Å². The smallest absolute Gasteiger partial charge is 0.258 e. The lowest BCUT2D eigenvalue weighted by Gasteiger charge is -1.99. The lowest BCUT2D eigenvalue weighted by Crippen LogP contribution is -2.21. The quantitative estimate of drug-likeness (QED) is 0.669. The van der Waals surface area contributed by atoms with Crippen molar-refractivity contribution >= 4 is 17.4 Å². The van der Waals surface area contributed by atoms with Crippen molar-refractivity contribution in [3.05, 3.63) is 41.7 Å². The van der Waals surface area contributed by atoms with E-state index >= 15 is 0 Å². The average Bonchev–Trinajstić information content (AvgIpc) is 2.45. The Hall–Kier alpha value is -1.97. The third-order valence-electron chi connectivity index (χ3n) is 1.89. The fourth-order valence-corrected chi connectivity index (χ4v) is 1.28. The molecule has 4 heteroatoms. The van der Waals surface area contributed by atoms with E-state index in [9.17, 15) is 14.0 Å². The molecule has 0 unspecified atom stereocenters. The maximum absolute atomic E-state index is 12.8. The van der Waals surface area contributed by atoms with Gasteiger partial charge < -0.3 is 0 Å². The van der Waals surface area contributed by atoms with Gasteiger partial charge in [-0.3, -0.25) is 14.9 Å². The Morgan fingerprint density at radius 2 is 2.00 bits per heavy atom. The van der Waals surface area contributed by atoms with Gasteiger partial charge in [-0.2, -0.15) is 0 Å². The number of benzene rings is 1. The predicted molar refractivity (Wildman–Crippen MR) is 47.5 cm³/mol. The van der Waals surface area contributed by atoms with Crippen LogP contribution in [-0.4, -0.2) is 11.8 Å². The highest BCUT2D eigenvalue weighted by Gasteiger charge is 2.21. The number of carbonyl (C=O) groups excluding carboxylic acids is 2. The number of carbonyl (C=O) groups is 2. The van der Waals surface area contributed by atoms with Crippen LogP contribution in [0.2, 0.25) is 0 Å². The van der Waals surface area contributed by atoms with Crippen LogP contribution in [0.5, 0.6) is 0 Å². The van der Waals surface area contributed by atoms with Gasteiger partial charge in [-0.1, -0.05) is 12.1 Å². The molecule has 0 spiro atoms. The molecule has 2 rings (SSSR count). The third-order valence-corrected chi connectivity index (χ3v) is 1.89. The first-order valence-electron chi connectivity index (χ1n) is 4.00. The molecule has 1 aliphatic rings. The van der Waals surface area contributed by atoms with Crippen LogP contribution in [0, 0.1) is 5.82 Å². The molecule has 1 N–H and O–H groups in total. The lowest BCUT2D eigenvalue weighted by molar-refractivity contribution is -0.123. The first-order chi connectivity index (χ1) is 6.66. The summed E-state index contributed by atoms with van der Waals surface area (Å²) in [6, 6.07) is 5.55. The summed E-state index contributed by atoms with van der Waals surface area (Å²) in [5, 5.41) is 2.09. The molecule has 1 heterocycles. The zero-order valence-corrected chi connectivity index (χ0v) is 7.08. The van der Waals surface area contributed by atoms with Crippen LogP contribution in [0.1, 0.15) is 5.56 Å². The molecule has 1 aromatic rings. The van der Waals surface area contributed by atoms with Gasteiger partial charge in [-0.25, -0.2) is 4.39 Å². The first kappa shape index (κ1) is 8.62. The molecule has 0 atom stereocenters. The predicted octanol–water partition coefficient (Wildman–Crippen LogP) is 0.865. The Labute approximate surface area is 79.2 Å². The largest absolute Gasteiger partial charge is 0.289 e. The van der Waals surface area contributed by atoms with Crippen molar-refractivity contribution in [2.75, 3.05) is 0 Å². The van der Waals surface area contributed by atoms with Crippen LogP contribution < -0.4 is 5.32 Å². The SMILES string of the molecule is O=C1C=C(c2cccc(F)c2)C(=O)N1. The van der Waals surface area contributed by atoms with Crippen LogP contribution in [-0.2, 0) is 9.59 Å². The molecule has 0 bridgehead atoms. The molecule has 0 saturated heterocycles. The zero-order chi connectivity index (χ0) is 10.1. The summed E-state index contributed by atoms with van der Waals surface area (Å²) < 4.78 is 12.8. The Morgan fingerprint density at radius 1 is 1.21 bits per heavy atom. The van der Waals surface area contributed by atoms with Gasteiger partial charge in [0, 0.05) is 6.08 Å². The van der Waals surface area contributed by atoms with Crippen LogP contribution in [0.15, 0.2) is 30.3 Å². The molecule has 0 fully saturated rings. The Bertz CT molecular complexity index is 451. The molecule has 1 aromatic carbocycles. The highest BCUT2D eigenvalue weighted by Crippen LogP contribution is 2.18. The van der Waals surface area contributed by atoms with Crippen molar-refractivity contribution in [2.24, 2.45) is 0 Å². The molecule has 0 aliphatic carbocycles. The molecule has 1 aliphatic heterocycles. The first-order valence-corrected chi connectivity index (χ1v) is 4.00. The standard InChI is InChI=1S/C10H6FNO2/c11-7-3-1-2-6(4-7)8-5-9(13)12-10(8)14/h1-5H,(H,12,13,14). The summed E-state index contributed by atoms with van der Waals surface area (Å²) in [4.78, 5) is 22.0. The Balaban J connectivity index is 2.45. The number of rotatable bonds is 1. The van der Waals surface area contributed by atoms with Crippen molar-refractivity contribution in [2.45, 2.75) is 0 Å². The second-order valence-corrected chi connectivity index (χ2v) is 2.89. The van der Waals surface area contributed by atoms with Gasteiger partial charge in [-0.15, -0.1) is 0 Å². The van der Waals surface area contributed by atoms with Crippen molar-refractivity contribution in [3.8, 4) is 0 Å². The van der Waals surface area contributed by atoms with Gasteiger partial charge >= 0.3 is 0 Å². The second kappa shape index (κ2) is 3.06. The Kier molecular flexibility index (Phi) is 1.89. The van der Waals surface area contributed by atoms with Gasteiger partial charge in [0.15, 0.2) is 0 Å². The molecular weight excluding hydrogens is 185 g/mol. The van der Waals surface area contributed by atoms with Crippen LogP contribution in [0.25, 0.3) is 5.57 Å². The summed E-state index contributed by atoms with van der Waals surface area (Å²) in [7, 11) is 0. The lowest BCUT2D eigenvalue weighted by atomic mass is 10.1. The number of hydrogen-bond acceptors (Lipinski definition) is 2. The van der Waals surface area contributed by atoms with Gasteiger partial charge in [0.1, 0.15) is 5.82 Å². The van der Waals surface area contributed by atoms with E-state index in [1.165, 1.54) is 18.2 Å². The highest BCUT2D eigenvalue weighted by molar-refractivity contribution is 6.33. The summed E-state index contributed by atoms with van der Waals surface area (Å²) in [5.41, 5.74) is 0.614. The van der Waals surface area contributed by atoms with E-state index in [-0.39, 0.29) is 5.57 Å². The highest BCUT2D eigenvalue weighted by atomic mass is 19.1. The van der Waals surface area contributed by atoms with Crippen molar-refractivity contribution in [1.29, 1.82) is 0 Å². The number of halogens is 1. The van der Waals surface area contributed by atoms with E-state index in [4.69, 9.17) is 0 Å². The summed E-state index contributed by atoms with van der Waals surface area (Å²) in [6.07, 6.45) is 1.16. The fourth-order valence-electron chi connectivity index (χ4n) is 1.28.